The third-order valence-corrected chi connectivity index (χ3v) is 16.1. The van der Waals surface area contributed by atoms with Crippen molar-refractivity contribution < 1.29 is 38.1 Å². The highest BCUT2D eigenvalue weighted by Gasteiger charge is 2.50. The van der Waals surface area contributed by atoms with Gasteiger partial charge in [-0.2, -0.15) is 0 Å². The number of carbonyl (C=O) groups is 4. The molecule has 10 atom stereocenters. The van der Waals surface area contributed by atoms with Gasteiger partial charge in [0.15, 0.2) is 0 Å². The van der Waals surface area contributed by atoms with Crippen molar-refractivity contribution in [2.45, 2.75) is 154 Å². The Morgan fingerprint density at radius 1 is 0.868 bits per heavy atom. The highest BCUT2D eigenvalue weighted by Crippen LogP contribution is 2.49. The molecule has 0 unspecified atom stereocenters. The van der Waals surface area contributed by atoms with Crippen LogP contribution in [0.5, 0.6) is 5.75 Å². The zero-order valence-electron chi connectivity index (χ0n) is 40.3. The van der Waals surface area contributed by atoms with Crippen molar-refractivity contribution >= 4 is 46.2 Å². The second-order valence-corrected chi connectivity index (χ2v) is 20.3. The van der Waals surface area contributed by atoms with Crippen LogP contribution in [0.3, 0.4) is 0 Å². The summed E-state index contributed by atoms with van der Waals surface area (Å²) in [5.41, 5.74) is 8.07. The van der Waals surface area contributed by atoms with Gasteiger partial charge < -0.3 is 44.4 Å². The molecule has 15 heteroatoms. The number of aliphatic imine (C=N–C) groups is 1. The van der Waals surface area contributed by atoms with E-state index in [-0.39, 0.29) is 60.0 Å². The Morgan fingerprint density at radius 2 is 1.65 bits per heavy atom. The molecule has 10 rings (SSSR count). The minimum absolute atomic E-state index is 0.0118. The Hall–Kier alpha value is -5.96. The van der Waals surface area contributed by atoms with Crippen LogP contribution in [-0.2, 0) is 36.8 Å². The van der Waals surface area contributed by atoms with Gasteiger partial charge in [0.1, 0.15) is 30.3 Å². The van der Waals surface area contributed by atoms with Crippen molar-refractivity contribution in [3.05, 3.63) is 65.6 Å². The van der Waals surface area contributed by atoms with E-state index in [0.717, 1.165) is 112 Å². The molecule has 0 spiro atoms. The number of alkyl carbamates (subject to hydrolysis) is 2. The highest BCUT2D eigenvalue weighted by atomic mass is 16.5. The average molecular weight is 928 g/mol. The first-order chi connectivity index (χ1) is 32.8. The van der Waals surface area contributed by atoms with E-state index in [1.807, 2.05) is 43.7 Å². The number of hydrogen-bond donors (Lipinski definition) is 3. The van der Waals surface area contributed by atoms with Gasteiger partial charge in [-0.15, -0.1) is 0 Å². The number of carbonyl (C=O) groups excluding carboxylic acids is 4. The van der Waals surface area contributed by atoms with E-state index in [4.69, 9.17) is 28.9 Å². The van der Waals surface area contributed by atoms with Gasteiger partial charge in [-0.05, 0) is 141 Å². The number of fused-ring (bicyclic) bond motifs is 7. The predicted octanol–water partition coefficient (Wildman–Crippen LogP) is 8.94. The van der Waals surface area contributed by atoms with Crippen LogP contribution in [0.4, 0.5) is 15.3 Å². The molecule has 4 fully saturated rings. The van der Waals surface area contributed by atoms with Gasteiger partial charge in [0.2, 0.25) is 11.8 Å². The Morgan fingerprint density at radius 3 is 2.41 bits per heavy atom. The summed E-state index contributed by atoms with van der Waals surface area (Å²) in [7, 11) is 2.65. The molecule has 5 aliphatic heterocycles. The SMILES string of the molecule is CC[C@H](C)[C@H](NC(=O)OC)C(=O)N1[C@H](c2ncc(-c3ccc4c(c3)COc3cc5c6c(ccc5cc3-4)N=C([C@@H]3CC[C@H](C)N3C(=O)[C@@H](NC(=O)OC)C3C[C@@H](C)O[C@H](C)C3)C6)[nH]2)C[C@@H]2CCC[C@@H]21. The molecule has 15 nitrogen and oxygen atoms in total. The van der Waals surface area contributed by atoms with Crippen LogP contribution in [0.2, 0.25) is 0 Å². The summed E-state index contributed by atoms with van der Waals surface area (Å²) in [6.07, 6.45) is 8.89. The van der Waals surface area contributed by atoms with Gasteiger partial charge in [0.05, 0.1) is 56.1 Å². The second-order valence-electron chi connectivity index (χ2n) is 20.3. The number of ether oxygens (including phenoxy) is 4. The van der Waals surface area contributed by atoms with Crippen molar-refractivity contribution in [3.8, 4) is 28.1 Å². The first-order valence-corrected chi connectivity index (χ1v) is 24.8. The van der Waals surface area contributed by atoms with Crippen molar-refractivity contribution in [1.29, 1.82) is 0 Å². The molecule has 68 heavy (non-hydrogen) atoms. The van der Waals surface area contributed by atoms with Crippen LogP contribution in [-0.4, -0.2) is 106 Å². The number of nitrogens with one attached hydrogen (secondary N) is 3. The molecule has 6 heterocycles. The van der Waals surface area contributed by atoms with Crippen molar-refractivity contribution in [2.75, 3.05) is 14.2 Å². The van der Waals surface area contributed by atoms with Crippen LogP contribution in [0, 0.1) is 17.8 Å². The molecule has 3 N–H and O–H groups in total. The topological polar surface area (TPSA) is 177 Å². The summed E-state index contributed by atoms with van der Waals surface area (Å²) in [6, 6.07) is 13.3. The number of H-pyrrole nitrogens is 1. The highest BCUT2D eigenvalue weighted by molar-refractivity contribution is 6.07. The van der Waals surface area contributed by atoms with Crippen LogP contribution < -0.4 is 15.4 Å². The zero-order valence-corrected chi connectivity index (χ0v) is 40.3. The Labute approximate surface area is 398 Å². The van der Waals surface area contributed by atoms with Crippen LogP contribution >= 0.6 is 0 Å². The lowest BCUT2D eigenvalue weighted by atomic mass is 9.85. The van der Waals surface area contributed by atoms with E-state index in [2.05, 4.69) is 65.0 Å². The number of methoxy groups -OCH3 is 2. The predicted molar refractivity (Wildman–Crippen MR) is 258 cm³/mol. The maximum Gasteiger partial charge on any atom is 0.407 e. The third-order valence-electron chi connectivity index (χ3n) is 16.1. The molecule has 0 bridgehead atoms. The maximum absolute atomic E-state index is 14.7. The standard InChI is InChI=1S/C53H65N7O8/c1-8-27(2)47(57-52(63)65-6)50(61)60-43-11-9-10-33(43)22-45(60)49-54-25-42(56-49)32-13-15-36-35(20-32)26-67-46-24-37-31(21-39(36)46)14-16-40-38(37)23-41(55-40)44-17-12-28(3)59(44)51(62)48(58-53(64)66-7)34-18-29(4)68-30(5)19-34/h13-16,20-21,24-25,27-30,33-34,43-45,47-48H,8-12,17-19,22-23,26H2,1-7H3,(H,54,56)(H,57,63)(H,58,64)/t27-,28-,29+,30+,33-,43-,44-,45-,47-,48-/m0/s1. The summed E-state index contributed by atoms with van der Waals surface area (Å²) in [4.78, 5) is 71.8. The number of likely N-dealkylation sites (tertiary alicyclic amines) is 2. The number of aromatic nitrogens is 2. The van der Waals surface area contributed by atoms with E-state index in [1.165, 1.54) is 14.2 Å². The van der Waals surface area contributed by atoms with Gasteiger partial charge in [-0.25, -0.2) is 14.6 Å². The molecule has 0 radical (unpaired) electrons. The van der Waals surface area contributed by atoms with Crippen molar-refractivity contribution in [3.63, 3.8) is 0 Å². The molecule has 4 aromatic rings. The largest absolute Gasteiger partial charge is 0.488 e. The lowest BCUT2D eigenvalue weighted by molar-refractivity contribution is -0.139. The maximum atomic E-state index is 14.7. The molecular weight excluding hydrogens is 863 g/mol. The number of imidazole rings is 1. The first kappa shape index (κ1) is 45.8. The van der Waals surface area contributed by atoms with Crippen molar-refractivity contribution in [1.82, 2.24) is 30.4 Å². The van der Waals surface area contributed by atoms with E-state index < -0.39 is 24.3 Å². The molecule has 6 aliphatic rings. The summed E-state index contributed by atoms with van der Waals surface area (Å²) in [6.45, 7) is 10.6. The fourth-order valence-corrected chi connectivity index (χ4v) is 12.6. The van der Waals surface area contributed by atoms with Gasteiger partial charge in [0.25, 0.3) is 0 Å². The summed E-state index contributed by atoms with van der Waals surface area (Å²) in [5, 5.41) is 7.94. The summed E-state index contributed by atoms with van der Waals surface area (Å²) >= 11 is 0. The number of nitrogens with zero attached hydrogens (tertiary/aromatic N) is 4. The van der Waals surface area contributed by atoms with Crippen LogP contribution in [0.1, 0.15) is 115 Å². The number of aromatic amines is 1. The number of amides is 4. The zero-order chi connectivity index (χ0) is 47.5. The van der Waals surface area contributed by atoms with E-state index in [9.17, 15) is 19.2 Å². The van der Waals surface area contributed by atoms with Gasteiger partial charge >= 0.3 is 12.2 Å². The monoisotopic (exact) mass is 927 g/mol. The minimum Gasteiger partial charge on any atom is -0.488 e. The quantitative estimate of drug-likeness (QED) is 0.140. The fourth-order valence-electron chi connectivity index (χ4n) is 12.6. The molecule has 1 aromatic heterocycles. The lowest BCUT2D eigenvalue weighted by Gasteiger charge is -2.39. The van der Waals surface area contributed by atoms with Gasteiger partial charge in [0, 0.05) is 29.8 Å². The van der Waals surface area contributed by atoms with Crippen LogP contribution in [0.25, 0.3) is 33.2 Å². The Bertz CT molecular complexity index is 2650. The second kappa shape index (κ2) is 18.5. The van der Waals surface area contributed by atoms with Crippen molar-refractivity contribution in [2.24, 2.45) is 22.7 Å². The molecule has 3 saturated heterocycles. The van der Waals surface area contributed by atoms with Crippen LogP contribution in [0.15, 0.2) is 53.7 Å². The molecule has 1 saturated carbocycles. The van der Waals surface area contributed by atoms with E-state index >= 15 is 0 Å². The normalized spacial score (nSPS) is 27.2. The molecule has 4 amide bonds. The minimum atomic E-state index is -0.726. The number of hydrogen-bond acceptors (Lipinski definition) is 10. The number of benzene rings is 3. The van der Waals surface area contributed by atoms with E-state index in [0.29, 0.717) is 31.8 Å². The lowest BCUT2D eigenvalue weighted by Crippen LogP contribution is -2.57. The fraction of sp³-hybridized carbons (Fsp3) is 0.547. The first-order valence-electron chi connectivity index (χ1n) is 24.8. The Balaban J connectivity index is 0.878. The summed E-state index contributed by atoms with van der Waals surface area (Å²) in [5.74, 6) is 1.66. The third kappa shape index (κ3) is 8.27. The molecule has 3 aromatic carbocycles. The average Bonchev–Trinajstić information content (AvgIpc) is 4.19. The summed E-state index contributed by atoms with van der Waals surface area (Å²) < 4.78 is 22.5. The smallest absolute Gasteiger partial charge is 0.407 e. The van der Waals surface area contributed by atoms with E-state index in [1.54, 1.807) is 0 Å². The van der Waals surface area contributed by atoms with Gasteiger partial charge in [-0.3, -0.25) is 14.6 Å². The molecular formula is C53H65N7O8. The molecule has 360 valence electrons. The Kier molecular flexibility index (Phi) is 12.5. The number of rotatable bonds is 10. The van der Waals surface area contributed by atoms with Gasteiger partial charge in [-0.1, -0.05) is 44.9 Å². The molecule has 1 aliphatic carbocycles.